The maximum absolute atomic E-state index is 12.4. The molecular formula is C16H17ClN4O2. The van der Waals surface area contributed by atoms with Crippen molar-refractivity contribution in [3.05, 3.63) is 28.8 Å². The quantitative estimate of drug-likeness (QED) is 0.881. The second-order valence-corrected chi connectivity index (χ2v) is 6.16. The second kappa shape index (κ2) is 6.47. The van der Waals surface area contributed by atoms with Crippen molar-refractivity contribution >= 4 is 29.1 Å². The molecule has 6 nitrogen and oxygen atoms in total. The van der Waals surface area contributed by atoms with Crippen LogP contribution in [0.5, 0.6) is 0 Å². The molecule has 3 rings (SSSR count). The molecule has 2 saturated heterocycles. The summed E-state index contributed by atoms with van der Waals surface area (Å²) in [5.74, 6) is -0.0484. The lowest BCUT2D eigenvalue weighted by Gasteiger charge is -2.37. The Morgan fingerprint density at radius 3 is 2.61 bits per heavy atom. The van der Waals surface area contributed by atoms with Crippen LogP contribution in [-0.4, -0.2) is 48.9 Å². The number of hydrogen-bond donors (Lipinski definition) is 1. The molecule has 0 bridgehead atoms. The molecule has 1 aromatic rings. The Balaban J connectivity index is 1.61. The fourth-order valence-corrected chi connectivity index (χ4v) is 3.32. The number of carbonyl (C=O) groups is 2. The van der Waals surface area contributed by atoms with Gasteiger partial charge in [-0.2, -0.15) is 5.26 Å². The monoisotopic (exact) mass is 332 g/mol. The van der Waals surface area contributed by atoms with Gasteiger partial charge in [0, 0.05) is 32.6 Å². The van der Waals surface area contributed by atoms with Crippen molar-refractivity contribution in [1.82, 2.24) is 10.2 Å². The lowest BCUT2D eigenvalue weighted by molar-refractivity contribution is -0.134. The number of amides is 2. The van der Waals surface area contributed by atoms with Crippen molar-refractivity contribution in [3.8, 4) is 6.07 Å². The minimum absolute atomic E-state index is 0.00132. The highest BCUT2D eigenvalue weighted by Gasteiger charge is 2.32. The molecule has 23 heavy (non-hydrogen) atoms. The third kappa shape index (κ3) is 3.25. The number of carbonyl (C=O) groups excluding carboxylic acids is 2. The third-order valence-electron chi connectivity index (χ3n) is 4.30. The predicted octanol–water partition coefficient (Wildman–Crippen LogP) is 1.14. The normalized spacial score (nSPS) is 21.0. The molecule has 2 fully saturated rings. The third-order valence-corrected chi connectivity index (χ3v) is 4.60. The minimum atomic E-state index is -0.368. The van der Waals surface area contributed by atoms with Gasteiger partial charge < -0.3 is 15.1 Å². The summed E-state index contributed by atoms with van der Waals surface area (Å²) in [6, 6.07) is 6.94. The van der Waals surface area contributed by atoms with Gasteiger partial charge in [0.25, 0.3) is 0 Å². The highest BCUT2D eigenvalue weighted by molar-refractivity contribution is 6.33. The van der Waals surface area contributed by atoms with Gasteiger partial charge in [0.15, 0.2) is 0 Å². The van der Waals surface area contributed by atoms with Crippen LogP contribution in [0.3, 0.4) is 0 Å². The number of rotatable bonds is 2. The summed E-state index contributed by atoms with van der Waals surface area (Å²) in [5, 5.41) is 12.2. The Morgan fingerprint density at radius 2 is 2.04 bits per heavy atom. The summed E-state index contributed by atoms with van der Waals surface area (Å²) >= 11 is 6.24. The van der Waals surface area contributed by atoms with Crippen LogP contribution in [0, 0.1) is 11.3 Å². The highest BCUT2D eigenvalue weighted by atomic mass is 35.5. The molecule has 1 N–H and O–H groups in total. The van der Waals surface area contributed by atoms with E-state index in [-0.39, 0.29) is 17.9 Å². The molecule has 2 aliphatic rings. The van der Waals surface area contributed by atoms with Crippen LogP contribution in [0.2, 0.25) is 5.02 Å². The molecule has 0 radical (unpaired) electrons. The molecule has 1 atom stereocenters. The van der Waals surface area contributed by atoms with E-state index in [9.17, 15) is 9.59 Å². The van der Waals surface area contributed by atoms with Crippen LogP contribution in [0.1, 0.15) is 18.4 Å². The molecule has 0 saturated carbocycles. The molecule has 2 aliphatic heterocycles. The zero-order chi connectivity index (χ0) is 16.4. The van der Waals surface area contributed by atoms with E-state index in [0.29, 0.717) is 49.6 Å². The van der Waals surface area contributed by atoms with E-state index in [4.69, 9.17) is 16.9 Å². The number of hydrogen-bond acceptors (Lipinski definition) is 4. The Morgan fingerprint density at radius 1 is 1.30 bits per heavy atom. The number of nitrogens with one attached hydrogen (secondary N) is 1. The van der Waals surface area contributed by atoms with Crippen LogP contribution in [0.4, 0.5) is 5.69 Å². The van der Waals surface area contributed by atoms with Gasteiger partial charge in [-0.25, -0.2) is 0 Å². The minimum Gasteiger partial charge on any atom is -0.367 e. The Bertz CT molecular complexity index is 677. The first-order valence-electron chi connectivity index (χ1n) is 7.61. The average molecular weight is 333 g/mol. The topological polar surface area (TPSA) is 76.4 Å². The molecule has 120 valence electrons. The van der Waals surface area contributed by atoms with Crippen LogP contribution in [0.15, 0.2) is 18.2 Å². The number of nitriles is 1. The van der Waals surface area contributed by atoms with Gasteiger partial charge in [-0.05, 0) is 24.6 Å². The van der Waals surface area contributed by atoms with E-state index in [1.807, 2.05) is 6.07 Å². The lowest BCUT2D eigenvalue weighted by atomic mass is 10.1. The highest BCUT2D eigenvalue weighted by Crippen LogP contribution is 2.27. The molecule has 0 spiro atoms. The van der Waals surface area contributed by atoms with Crippen LogP contribution in [0.25, 0.3) is 0 Å². The molecule has 7 heteroatoms. The maximum atomic E-state index is 12.4. The number of halogens is 1. The molecule has 0 aromatic heterocycles. The zero-order valence-electron chi connectivity index (χ0n) is 12.6. The van der Waals surface area contributed by atoms with E-state index in [2.05, 4.69) is 16.3 Å². The van der Waals surface area contributed by atoms with Gasteiger partial charge in [-0.15, -0.1) is 0 Å². The predicted molar refractivity (Wildman–Crippen MR) is 86.1 cm³/mol. The van der Waals surface area contributed by atoms with E-state index < -0.39 is 0 Å². The average Bonchev–Trinajstić information content (AvgIpc) is 3.00. The summed E-state index contributed by atoms with van der Waals surface area (Å²) in [6.45, 7) is 2.55. The molecule has 0 aliphatic carbocycles. The molecule has 1 aromatic carbocycles. The van der Waals surface area contributed by atoms with Crippen molar-refractivity contribution in [1.29, 1.82) is 5.26 Å². The first kappa shape index (κ1) is 15.6. The Kier molecular flexibility index (Phi) is 4.39. The standard InChI is InChI=1S/C16H17ClN4O2/c17-12-9-11(10-18)1-3-14(12)20-5-7-21(8-6-20)16(23)13-2-4-15(22)19-13/h1,3,9,13H,2,4-8H2,(H,19,22)/t13-/m1/s1. The van der Waals surface area contributed by atoms with Gasteiger partial charge in [0.2, 0.25) is 11.8 Å². The van der Waals surface area contributed by atoms with Crippen molar-refractivity contribution in [3.63, 3.8) is 0 Å². The van der Waals surface area contributed by atoms with E-state index in [0.717, 1.165) is 5.69 Å². The van der Waals surface area contributed by atoms with Crippen LogP contribution in [-0.2, 0) is 9.59 Å². The first-order valence-corrected chi connectivity index (χ1v) is 7.99. The number of benzene rings is 1. The fourth-order valence-electron chi connectivity index (χ4n) is 3.02. The smallest absolute Gasteiger partial charge is 0.245 e. The Labute approximate surface area is 139 Å². The number of piperazine rings is 1. The maximum Gasteiger partial charge on any atom is 0.245 e. The summed E-state index contributed by atoms with van der Waals surface area (Å²) in [7, 11) is 0. The zero-order valence-corrected chi connectivity index (χ0v) is 13.3. The van der Waals surface area contributed by atoms with Crippen molar-refractivity contribution in [2.24, 2.45) is 0 Å². The van der Waals surface area contributed by atoms with E-state index in [1.165, 1.54) is 0 Å². The molecule has 2 amide bonds. The molecule has 0 unspecified atom stereocenters. The summed E-state index contributed by atoms with van der Waals surface area (Å²) < 4.78 is 0. The number of anilines is 1. The summed E-state index contributed by atoms with van der Waals surface area (Å²) in [5.41, 5.74) is 1.41. The first-order chi connectivity index (χ1) is 11.1. The SMILES string of the molecule is N#Cc1ccc(N2CCN(C(=O)[C@H]3CCC(=O)N3)CC2)c(Cl)c1. The van der Waals surface area contributed by atoms with Crippen LogP contribution < -0.4 is 10.2 Å². The van der Waals surface area contributed by atoms with E-state index in [1.54, 1.807) is 17.0 Å². The fraction of sp³-hybridized carbons (Fsp3) is 0.438. The Hall–Kier alpha value is -2.26. The van der Waals surface area contributed by atoms with Gasteiger partial charge >= 0.3 is 0 Å². The summed E-state index contributed by atoms with van der Waals surface area (Å²) in [6.07, 6.45) is 1.01. The summed E-state index contributed by atoms with van der Waals surface area (Å²) in [4.78, 5) is 27.5. The van der Waals surface area contributed by atoms with Crippen LogP contribution >= 0.6 is 11.6 Å². The van der Waals surface area contributed by atoms with Gasteiger partial charge in [-0.3, -0.25) is 9.59 Å². The lowest BCUT2D eigenvalue weighted by Crippen LogP contribution is -2.53. The van der Waals surface area contributed by atoms with Crippen molar-refractivity contribution in [2.45, 2.75) is 18.9 Å². The number of nitrogens with zero attached hydrogens (tertiary/aromatic N) is 3. The molecular weight excluding hydrogens is 316 g/mol. The largest absolute Gasteiger partial charge is 0.367 e. The van der Waals surface area contributed by atoms with Crippen molar-refractivity contribution < 1.29 is 9.59 Å². The van der Waals surface area contributed by atoms with Crippen molar-refractivity contribution in [2.75, 3.05) is 31.1 Å². The molecule has 2 heterocycles. The van der Waals surface area contributed by atoms with Gasteiger partial charge in [0.1, 0.15) is 6.04 Å². The van der Waals surface area contributed by atoms with Gasteiger partial charge in [-0.1, -0.05) is 11.6 Å². The van der Waals surface area contributed by atoms with Gasteiger partial charge in [0.05, 0.1) is 22.3 Å². The second-order valence-electron chi connectivity index (χ2n) is 5.75. The van der Waals surface area contributed by atoms with E-state index >= 15 is 0 Å².